The summed E-state index contributed by atoms with van der Waals surface area (Å²) in [7, 11) is 0. The van der Waals surface area contributed by atoms with E-state index in [1.54, 1.807) is 43.3 Å². The minimum absolute atomic E-state index is 0.0282. The van der Waals surface area contributed by atoms with Crippen molar-refractivity contribution < 1.29 is 19.1 Å². The Hall–Kier alpha value is -2.82. The van der Waals surface area contributed by atoms with Crippen LogP contribution in [-0.4, -0.2) is 24.6 Å². The Balaban J connectivity index is 2.20. The van der Waals surface area contributed by atoms with E-state index in [0.29, 0.717) is 29.2 Å². The second-order valence-electron chi connectivity index (χ2n) is 5.87. The molecule has 0 spiro atoms. The number of carbonyl (C=O) groups excluding carboxylic acids is 2. The van der Waals surface area contributed by atoms with Crippen molar-refractivity contribution in [2.45, 2.75) is 33.8 Å². The lowest BCUT2D eigenvalue weighted by molar-refractivity contribution is 0.0526. The van der Waals surface area contributed by atoms with Gasteiger partial charge in [-0.2, -0.15) is 0 Å². The lowest BCUT2D eigenvalue weighted by atomic mass is 10.1. The molecule has 0 aliphatic rings. The smallest absolute Gasteiger partial charge is 0.338 e. The average Bonchev–Trinajstić information content (AvgIpc) is 2.56. The molecule has 0 heterocycles. The Morgan fingerprint density at radius 1 is 1.12 bits per heavy atom. The lowest BCUT2D eigenvalue weighted by Gasteiger charge is -2.15. The van der Waals surface area contributed by atoms with Gasteiger partial charge in [0.2, 0.25) is 0 Å². The molecule has 2 aromatic rings. The van der Waals surface area contributed by atoms with Crippen molar-refractivity contribution in [3.8, 4) is 5.75 Å². The van der Waals surface area contributed by atoms with Crippen LogP contribution in [0.3, 0.4) is 0 Å². The fourth-order valence-corrected chi connectivity index (χ4v) is 2.35. The van der Waals surface area contributed by atoms with Gasteiger partial charge in [0, 0.05) is 5.69 Å². The van der Waals surface area contributed by atoms with Crippen LogP contribution in [-0.2, 0) is 4.74 Å². The van der Waals surface area contributed by atoms with Gasteiger partial charge < -0.3 is 14.8 Å². The zero-order valence-electron chi connectivity index (χ0n) is 15.0. The number of esters is 1. The molecular formula is C20H23NO4. The summed E-state index contributed by atoms with van der Waals surface area (Å²) >= 11 is 0. The van der Waals surface area contributed by atoms with Crippen LogP contribution in [0.2, 0.25) is 0 Å². The SMILES string of the molecule is CCOC(=O)c1ccc(NC(=O)c2ccccc2OC(C)C)c(C)c1. The molecule has 2 aromatic carbocycles. The molecule has 2 rings (SSSR count). The number of hydrogen-bond acceptors (Lipinski definition) is 4. The first kappa shape index (κ1) is 18.5. The predicted octanol–water partition coefficient (Wildman–Crippen LogP) is 4.21. The van der Waals surface area contributed by atoms with E-state index >= 15 is 0 Å². The van der Waals surface area contributed by atoms with E-state index in [0.717, 1.165) is 5.56 Å². The molecule has 0 fully saturated rings. The summed E-state index contributed by atoms with van der Waals surface area (Å²) in [5.74, 6) is -0.0989. The van der Waals surface area contributed by atoms with E-state index < -0.39 is 0 Å². The molecule has 0 unspecified atom stereocenters. The zero-order valence-corrected chi connectivity index (χ0v) is 15.0. The maximum absolute atomic E-state index is 12.6. The highest BCUT2D eigenvalue weighted by Gasteiger charge is 2.15. The van der Waals surface area contributed by atoms with Crippen LogP contribution in [0.5, 0.6) is 5.75 Å². The topological polar surface area (TPSA) is 64.6 Å². The van der Waals surface area contributed by atoms with Crippen LogP contribution in [0.25, 0.3) is 0 Å². The molecule has 132 valence electrons. The second-order valence-corrected chi connectivity index (χ2v) is 5.87. The largest absolute Gasteiger partial charge is 0.490 e. The molecule has 0 radical (unpaired) electrons. The lowest BCUT2D eigenvalue weighted by Crippen LogP contribution is -2.16. The molecule has 1 amide bonds. The van der Waals surface area contributed by atoms with Crippen LogP contribution in [0.4, 0.5) is 5.69 Å². The van der Waals surface area contributed by atoms with E-state index in [4.69, 9.17) is 9.47 Å². The summed E-state index contributed by atoms with van der Waals surface area (Å²) in [6, 6.07) is 12.1. The molecule has 0 saturated carbocycles. The van der Waals surface area contributed by atoms with E-state index in [9.17, 15) is 9.59 Å². The Morgan fingerprint density at radius 3 is 2.48 bits per heavy atom. The molecular weight excluding hydrogens is 318 g/mol. The number of carbonyl (C=O) groups is 2. The molecule has 0 aromatic heterocycles. The maximum Gasteiger partial charge on any atom is 0.338 e. The second kappa shape index (κ2) is 8.33. The Labute approximate surface area is 148 Å². The van der Waals surface area contributed by atoms with Crippen molar-refractivity contribution >= 4 is 17.6 Å². The van der Waals surface area contributed by atoms with Crippen LogP contribution in [0.1, 0.15) is 47.1 Å². The highest BCUT2D eigenvalue weighted by atomic mass is 16.5. The van der Waals surface area contributed by atoms with E-state index in [2.05, 4.69) is 5.32 Å². The minimum atomic E-state index is -0.376. The standard InChI is InChI=1S/C20H23NO4/c1-5-24-20(23)15-10-11-17(14(4)12-15)21-19(22)16-8-6-7-9-18(16)25-13(2)3/h6-13H,5H2,1-4H3,(H,21,22). The van der Waals surface area contributed by atoms with Crippen molar-refractivity contribution in [3.63, 3.8) is 0 Å². The van der Waals surface area contributed by atoms with Crippen molar-refractivity contribution in [2.24, 2.45) is 0 Å². The number of amides is 1. The van der Waals surface area contributed by atoms with Gasteiger partial charge in [-0.05, 0) is 63.6 Å². The first-order chi connectivity index (χ1) is 11.9. The Kier molecular flexibility index (Phi) is 6.17. The van der Waals surface area contributed by atoms with E-state index in [1.165, 1.54) is 0 Å². The summed E-state index contributed by atoms with van der Waals surface area (Å²) in [4.78, 5) is 24.4. The van der Waals surface area contributed by atoms with Crippen LogP contribution >= 0.6 is 0 Å². The first-order valence-electron chi connectivity index (χ1n) is 8.27. The number of benzene rings is 2. The predicted molar refractivity (Wildman–Crippen MR) is 97.3 cm³/mol. The normalized spacial score (nSPS) is 10.4. The minimum Gasteiger partial charge on any atom is -0.490 e. The van der Waals surface area contributed by atoms with E-state index in [1.807, 2.05) is 26.8 Å². The molecule has 0 saturated heterocycles. The van der Waals surface area contributed by atoms with Gasteiger partial charge in [-0.25, -0.2) is 4.79 Å². The Bertz CT molecular complexity index is 768. The summed E-state index contributed by atoms with van der Waals surface area (Å²) in [6.07, 6.45) is -0.0282. The van der Waals surface area contributed by atoms with Crippen LogP contribution < -0.4 is 10.1 Å². The highest BCUT2D eigenvalue weighted by molar-refractivity contribution is 6.06. The van der Waals surface area contributed by atoms with Gasteiger partial charge in [-0.15, -0.1) is 0 Å². The molecule has 0 aliphatic heterocycles. The molecule has 0 atom stereocenters. The van der Waals surface area contributed by atoms with Crippen LogP contribution in [0, 0.1) is 6.92 Å². The summed E-state index contributed by atoms with van der Waals surface area (Å²) in [5, 5.41) is 2.87. The van der Waals surface area contributed by atoms with Gasteiger partial charge in [0.1, 0.15) is 5.75 Å². The van der Waals surface area contributed by atoms with Gasteiger partial charge in [-0.1, -0.05) is 12.1 Å². The van der Waals surface area contributed by atoms with Crippen molar-refractivity contribution in [3.05, 3.63) is 59.2 Å². The third-order valence-electron chi connectivity index (χ3n) is 3.48. The molecule has 5 nitrogen and oxygen atoms in total. The number of anilines is 1. The number of ether oxygens (including phenoxy) is 2. The summed E-state index contributed by atoms with van der Waals surface area (Å²) in [5.41, 5.74) is 2.34. The number of rotatable bonds is 6. The molecule has 0 bridgehead atoms. The summed E-state index contributed by atoms with van der Waals surface area (Å²) in [6.45, 7) is 7.73. The van der Waals surface area contributed by atoms with Gasteiger partial charge in [0.05, 0.1) is 23.8 Å². The molecule has 5 heteroatoms. The number of hydrogen-bond donors (Lipinski definition) is 1. The first-order valence-corrected chi connectivity index (χ1v) is 8.27. The quantitative estimate of drug-likeness (QED) is 0.799. The molecule has 1 N–H and O–H groups in total. The monoisotopic (exact) mass is 341 g/mol. The number of aryl methyl sites for hydroxylation is 1. The van der Waals surface area contributed by atoms with Crippen molar-refractivity contribution in [1.29, 1.82) is 0 Å². The third kappa shape index (κ3) is 4.83. The van der Waals surface area contributed by atoms with E-state index in [-0.39, 0.29) is 18.0 Å². The maximum atomic E-state index is 12.6. The summed E-state index contributed by atoms with van der Waals surface area (Å²) < 4.78 is 10.7. The van der Waals surface area contributed by atoms with Crippen molar-refractivity contribution in [1.82, 2.24) is 0 Å². The molecule has 25 heavy (non-hydrogen) atoms. The highest BCUT2D eigenvalue weighted by Crippen LogP contribution is 2.23. The fourth-order valence-electron chi connectivity index (χ4n) is 2.35. The average molecular weight is 341 g/mol. The number of nitrogens with one attached hydrogen (secondary N) is 1. The zero-order chi connectivity index (χ0) is 18.4. The van der Waals surface area contributed by atoms with Gasteiger partial charge in [0.15, 0.2) is 0 Å². The van der Waals surface area contributed by atoms with Gasteiger partial charge in [-0.3, -0.25) is 4.79 Å². The van der Waals surface area contributed by atoms with Gasteiger partial charge in [0.25, 0.3) is 5.91 Å². The Morgan fingerprint density at radius 2 is 1.84 bits per heavy atom. The molecule has 0 aliphatic carbocycles. The van der Waals surface area contributed by atoms with Gasteiger partial charge >= 0.3 is 5.97 Å². The van der Waals surface area contributed by atoms with Crippen LogP contribution in [0.15, 0.2) is 42.5 Å². The fraction of sp³-hybridized carbons (Fsp3) is 0.300. The number of para-hydroxylation sites is 1. The van der Waals surface area contributed by atoms with Crippen molar-refractivity contribution in [2.75, 3.05) is 11.9 Å². The third-order valence-corrected chi connectivity index (χ3v) is 3.48.